The lowest BCUT2D eigenvalue weighted by molar-refractivity contribution is -0.134. The van der Waals surface area contributed by atoms with E-state index in [1.165, 1.54) is 0 Å². The van der Waals surface area contributed by atoms with Gasteiger partial charge in [-0.15, -0.1) is 0 Å². The van der Waals surface area contributed by atoms with Crippen molar-refractivity contribution in [3.63, 3.8) is 0 Å². The third kappa shape index (κ3) is 4.90. The summed E-state index contributed by atoms with van der Waals surface area (Å²) in [4.78, 5) is 26.1. The Morgan fingerprint density at radius 3 is 2.43 bits per heavy atom. The van der Waals surface area contributed by atoms with Crippen molar-refractivity contribution in [1.29, 1.82) is 0 Å². The zero-order valence-electron chi connectivity index (χ0n) is 13.7. The van der Waals surface area contributed by atoms with Crippen LogP contribution in [0.2, 0.25) is 0 Å². The summed E-state index contributed by atoms with van der Waals surface area (Å²) in [7, 11) is 0. The third-order valence-electron chi connectivity index (χ3n) is 4.25. The number of hydrogen-bond acceptors (Lipinski definition) is 2. The summed E-state index contributed by atoms with van der Waals surface area (Å²) in [5, 5.41) is 5.94. The highest BCUT2D eigenvalue weighted by molar-refractivity contribution is 5.81. The summed E-state index contributed by atoms with van der Waals surface area (Å²) in [5.74, 6) is 0.967. The Bertz CT molecular complexity index is 399. The van der Waals surface area contributed by atoms with Gasteiger partial charge in [-0.05, 0) is 59.3 Å². The maximum absolute atomic E-state index is 12.2. The topological polar surface area (TPSA) is 61.4 Å². The van der Waals surface area contributed by atoms with E-state index in [0.717, 1.165) is 38.8 Å². The molecule has 0 bridgehead atoms. The predicted octanol–water partition coefficient (Wildman–Crippen LogP) is 2.12. The van der Waals surface area contributed by atoms with E-state index in [9.17, 15) is 9.59 Å². The average Bonchev–Trinajstić information content (AvgIpc) is 3.19. The molecule has 0 radical (unpaired) electrons. The lowest BCUT2D eigenvalue weighted by Gasteiger charge is -2.36. The minimum Gasteiger partial charge on any atom is -0.342 e. The lowest BCUT2D eigenvalue weighted by Crippen LogP contribution is -2.53. The van der Waals surface area contributed by atoms with Crippen molar-refractivity contribution in [3.05, 3.63) is 0 Å². The van der Waals surface area contributed by atoms with Gasteiger partial charge in [0.25, 0.3) is 0 Å². The molecule has 0 spiro atoms. The normalized spacial score (nSPS) is 24.4. The van der Waals surface area contributed by atoms with Gasteiger partial charge in [-0.25, -0.2) is 4.79 Å². The molecule has 2 atom stereocenters. The van der Waals surface area contributed by atoms with Crippen molar-refractivity contribution in [2.45, 2.75) is 65.0 Å². The van der Waals surface area contributed by atoms with Crippen LogP contribution < -0.4 is 10.6 Å². The molecule has 1 aliphatic carbocycles. The molecule has 1 aliphatic heterocycles. The molecule has 0 aromatic rings. The van der Waals surface area contributed by atoms with Crippen LogP contribution >= 0.6 is 0 Å². The van der Waals surface area contributed by atoms with Gasteiger partial charge >= 0.3 is 6.03 Å². The van der Waals surface area contributed by atoms with E-state index in [-0.39, 0.29) is 23.5 Å². The molecule has 0 unspecified atom stereocenters. The largest absolute Gasteiger partial charge is 0.342 e. The van der Waals surface area contributed by atoms with E-state index in [0.29, 0.717) is 11.8 Å². The minimum atomic E-state index is -0.232. The van der Waals surface area contributed by atoms with Gasteiger partial charge in [0.15, 0.2) is 0 Å². The zero-order valence-corrected chi connectivity index (χ0v) is 13.7. The van der Waals surface area contributed by atoms with Crippen LogP contribution in [0.4, 0.5) is 4.79 Å². The monoisotopic (exact) mass is 295 g/mol. The molecule has 0 aromatic carbocycles. The van der Waals surface area contributed by atoms with Crippen LogP contribution in [-0.4, -0.2) is 41.5 Å². The number of nitrogens with zero attached hydrogens (tertiary/aromatic N) is 1. The van der Waals surface area contributed by atoms with Crippen LogP contribution in [0.5, 0.6) is 0 Å². The van der Waals surface area contributed by atoms with Crippen LogP contribution in [0.1, 0.15) is 53.4 Å². The summed E-state index contributed by atoms with van der Waals surface area (Å²) in [6.07, 6.45) is 4.23. The average molecular weight is 295 g/mol. The fourth-order valence-electron chi connectivity index (χ4n) is 2.91. The smallest absolute Gasteiger partial charge is 0.315 e. The Morgan fingerprint density at radius 2 is 1.86 bits per heavy atom. The molecule has 1 saturated carbocycles. The number of carbonyl (C=O) groups is 2. The second kappa shape index (κ2) is 6.24. The van der Waals surface area contributed by atoms with Gasteiger partial charge in [-0.1, -0.05) is 0 Å². The van der Waals surface area contributed by atoms with Crippen LogP contribution in [0.25, 0.3) is 0 Å². The molecule has 120 valence electrons. The Labute approximate surface area is 127 Å². The number of nitrogens with one attached hydrogen (secondary N) is 2. The summed E-state index contributed by atoms with van der Waals surface area (Å²) in [6.45, 7) is 9.60. The molecule has 2 rings (SSSR count). The minimum absolute atomic E-state index is 0.0853. The fourth-order valence-corrected chi connectivity index (χ4v) is 2.91. The number of likely N-dealkylation sites (tertiary alicyclic amines) is 1. The Balaban J connectivity index is 1.82. The zero-order chi connectivity index (χ0) is 15.6. The van der Waals surface area contributed by atoms with Crippen LogP contribution in [0.3, 0.4) is 0 Å². The van der Waals surface area contributed by atoms with Crippen LogP contribution in [0.15, 0.2) is 0 Å². The SMILES string of the molecule is C[C@H](NC(=O)NC(C)(C)C)[C@@H]1CCCN(C(=O)C2CC2)C1. The highest BCUT2D eigenvalue weighted by Gasteiger charge is 2.36. The summed E-state index contributed by atoms with van der Waals surface area (Å²) in [6, 6.07) is -0.0391. The number of hydrogen-bond donors (Lipinski definition) is 2. The number of carbonyl (C=O) groups excluding carboxylic acids is 2. The Morgan fingerprint density at radius 1 is 1.19 bits per heavy atom. The van der Waals surface area contributed by atoms with Gasteiger partial charge in [0.1, 0.15) is 0 Å². The highest BCUT2D eigenvalue weighted by Crippen LogP contribution is 2.32. The maximum Gasteiger partial charge on any atom is 0.315 e. The standard InChI is InChI=1S/C16H29N3O2/c1-11(17-15(21)18-16(2,3)4)13-6-5-9-19(10-13)14(20)12-7-8-12/h11-13H,5-10H2,1-4H3,(H2,17,18,21)/t11-,13+/m0/s1. The van der Waals surface area contributed by atoms with Gasteiger partial charge in [-0.3, -0.25) is 4.79 Å². The molecule has 1 saturated heterocycles. The van der Waals surface area contributed by atoms with Crippen molar-refractivity contribution in [2.24, 2.45) is 11.8 Å². The fraction of sp³-hybridized carbons (Fsp3) is 0.875. The number of piperidine rings is 1. The van der Waals surface area contributed by atoms with E-state index < -0.39 is 0 Å². The summed E-state index contributed by atoms with van der Waals surface area (Å²) in [5.41, 5.74) is -0.232. The number of urea groups is 1. The molecule has 2 fully saturated rings. The lowest BCUT2D eigenvalue weighted by atomic mass is 9.91. The van der Waals surface area contributed by atoms with Crippen molar-refractivity contribution < 1.29 is 9.59 Å². The van der Waals surface area contributed by atoms with Crippen LogP contribution in [-0.2, 0) is 4.79 Å². The second-order valence-corrected chi connectivity index (χ2v) is 7.60. The molecule has 2 aliphatic rings. The molecular weight excluding hydrogens is 266 g/mol. The molecule has 21 heavy (non-hydrogen) atoms. The highest BCUT2D eigenvalue weighted by atomic mass is 16.2. The van der Waals surface area contributed by atoms with E-state index in [1.54, 1.807) is 0 Å². The van der Waals surface area contributed by atoms with Crippen LogP contribution in [0, 0.1) is 11.8 Å². The Hall–Kier alpha value is -1.26. The molecule has 3 amide bonds. The number of amides is 3. The van der Waals surface area contributed by atoms with Gasteiger partial charge < -0.3 is 15.5 Å². The Kier molecular flexibility index (Phi) is 4.79. The second-order valence-electron chi connectivity index (χ2n) is 7.60. The first-order valence-corrected chi connectivity index (χ1v) is 8.14. The first kappa shape index (κ1) is 16.1. The third-order valence-corrected chi connectivity index (χ3v) is 4.25. The maximum atomic E-state index is 12.2. The number of rotatable bonds is 3. The van der Waals surface area contributed by atoms with Crippen molar-refractivity contribution in [2.75, 3.05) is 13.1 Å². The summed E-state index contributed by atoms with van der Waals surface area (Å²) < 4.78 is 0. The molecular formula is C16H29N3O2. The first-order valence-electron chi connectivity index (χ1n) is 8.14. The van der Waals surface area contributed by atoms with E-state index in [2.05, 4.69) is 10.6 Å². The van der Waals surface area contributed by atoms with Gasteiger partial charge in [-0.2, -0.15) is 0 Å². The molecule has 5 nitrogen and oxygen atoms in total. The molecule has 1 heterocycles. The van der Waals surface area contributed by atoms with E-state index in [1.807, 2.05) is 32.6 Å². The predicted molar refractivity (Wildman–Crippen MR) is 82.9 cm³/mol. The molecule has 2 N–H and O–H groups in total. The summed E-state index contributed by atoms with van der Waals surface area (Å²) >= 11 is 0. The van der Waals surface area contributed by atoms with E-state index in [4.69, 9.17) is 0 Å². The van der Waals surface area contributed by atoms with Crippen molar-refractivity contribution in [1.82, 2.24) is 15.5 Å². The van der Waals surface area contributed by atoms with Gasteiger partial charge in [0.2, 0.25) is 5.91 Å². The molecule has 5 heteroatoms. The van der Waals surface area contributed by atoms with Gasteiger partial charge in [0, 0.05) is 30.6 Å². The first-order chi connectivity index (χ1) is 9.76. The van der Waals surface area contributed by atoms with Gasteiger partial charge in [0.05, 0.1) is 0 Å². The van der Waals surface area contributed by atoms with Crippen molar-refractivity contribution >= 4 is 11.9 Å². The van der Waals surface area contributed by atoms with Crippen molar-refractivity contribution in [3.8, 4) is 0 Å². The van der Waals surface area contributed by atoms with E-state index >= 15 is 0 Å². The quantitative estimate of drug-likeness (QED) is 0.838. The molecule has 0 aromatic heterocycles.